The molecule has 0 N–H and O–H groups in total. The molecule has 1 atom stereocenters. The minimum atomic E-state index is -0.507. The lowest BCUT2D eigenvalue weighted by molar-refractivity contribution is -0.151. The monoisotopic (exact) mass is 547 g/mol. The van der Waals surface area contributed by atoms with Crippen molar-refractivity contribution >= 4 is 21.6 Å². The lowest BCUT2D eigenvalue weighted by atomic mass is 9.90. The molecule has 3 aromatic rings. The quantitative estimate of drug-likeness (QED) is 0.392. The van der Waals surface area contributed by atoms with Gasteiger partial charge in [0.05, 0.1) is 26.0 Å². The van der Waals surface area contributed by atoms with Crippen LogP contribution in [-0.4, -0.2) is 48.7 Å². The summed E-state index contributed by atoms with van der Waals surface area (Å²) < 4.78 is 19.1. The van der Waals surface area contributed by atoms with Crippen molar-refractivity contribution in [1.29, 1.82) is 0 Å². The number of rotatable bonds is 5. The van der Waals surface area contributed by atoms with E-state index < -0.39 is 5.72 Å². The van der Waals surface area contributed by atoms with Crippen LogP contribution < -0.4 is 14.2 Å². The molecule has 6 nitrogen and oxygen atoms in total. The molecule has 3 aliphatic rings. The summed E-state index contributed by atoms with van der Waals surface area (Å²) in [5.41, 5.74) is 4.09. The lowest BCUT2D eigenvalue weighted by Crippen LogP contribution is -2.59. The molecule has 1 fully saturated rings. The molecule has 7 heteroatoms. The van der Waals surface area contributed by atoms with Crippen LogP contribution in [0.2, 0.25) is 0 Å². The second-order valence-electron chi connectivity index (χ2n) is 9.68. The van der Waals surface area contributed by atoms with Crippen molar-refractivity contribution in [2.24, 2.45) is 5.10 Å². The number of nitrogens with zero attached hydrogens (tertiary/aromatic N) is 3. The van der Waals surface area contributed by atoms with E-state index in [0.29, 0.717) is 0 Å². The van der Waals surface area contributed by atoms with E-state index in [1.165, 1.54) is 5.56 Å². The highest BCUT2D eigenvalue weighted by atomic mass is 79.9. The van der Waals surface area contributed by atoms with Gasteiger partial charge < -0.3 is 14.2 Å². The predicted octanol–water partition coefficient (Wildman–Crippen LogP) is 6.00. The van der Waals surface area contributed by atoms with Gasteiger partial charge in [0, 0.05) is 54.5 Å². The van der Waals surface area contributed by atoms with E-state index in [-0.39, 0.29) is 6.04 Å². The Balaban J connectivity index is 1.35. The van der Waals surface area contributed by atoms with E-state index in [1.807, 2.05) is 18.2 Å². The average Bonchev–Trinajstić information content (AvgIpc) is 3.38. The van der Waals surface area contributed by atoms with Crippen LogP contribution in [0.4, 0.5) is 0 Å². The molecule has 0 radical (unpaired) electrons. The maximum absolute atomic E-state index is 6.90. The van der Waals surface area contributed by atoms with Crippen molar-refractivity contribution in [3.63, 3.8) is 0 Å². The first-order valence-electron chi connectivity index (χ1n) is 12.4. The Morgan fingerprint density at radius 3 is 2.56 bits per heavy atom. The first kappa shape index (κ1) is 23.4. The van der Waals surface area contributed by atoms with Gasteiger partial charge in [-0.05, 0) is 29.8 Å². The molecule has 0 amide bonds. The van der Waals surface area contributed by atoms with Crippen LogP contribution in [0.25, 0.3) is 0 Å². The molecule has 3 aromatic carbocycles. The van der Waals surface area contributed by atoms with Gasteiger partial charge >= 0.3 is 0 Å². The number of fused-ring (bicyclic) bond motifs is 4. The van der Waals surface area contributed by atoms with E-state index in [1.54, 1.807) is 14.2 Å². The molecule has 0 aromatic heterocycles. The van der Waals surface area contributed by atoms with Gasteiger partial charge in [0.2, 0.25) is 5.72 Å². The number of hydrazone groups is 1. The SMILES string of the molecule is COc1cccc(C2=NN3C(C2)c2cc(Br)cc(OC)c2OC32CCN(Cc3ccccc3)CC2)c1. The maximum Gasteiger partial charge on any atom is 0.200 e. The number of hydrogen-bond donors (Lipinski definition) is 0. The zero-order chi connectivity index (χ0) is 24.7. The van der Waals surface area contributed by atoms with Crippen molar-refractivity contribution < 1.29 is 14.2 Å². The maximum atomic E-state index is 6.90. The fraction of sp³-hybridized carbons (Fsp3) is 0.345. The summed E-state index contributed by atoms with van der Waals surface area (Å²) in [6.07, 6.45) is 2.53. The molecule has 0 aliphatic carbocycles. The van der Waals surface area contributed by atoms with Crippen LogP contribution in [0.15, 0.2) is 76.3 Å². The van der Waals surface area contributed by atoms with Gasteiger partial charge in [-0.25, -0.2) is 5.01 Å². The van der Waals surface area contributed by atoms with Crippen molar-refractivity contribution in [2.45, 2.75) is 37.6 Å². The molecule has 6 rings (SSSR count). The van der Waals surface area contributed by atoms with E-state index >= 15 is 0 Å². The van der Waals surface area contributed by atoms with Crippen molar-refractivity contribution in [3.8, 4) is 17.2 Å². The summed E-state index contributed by atoms with van der Waals surface area (Å²) in [6.45, 7) is 2.83. The Labute approximate surface area is 220 Å². The van der Waals surface area contributed by atoms with Gasteiger partial charge in [0.25, 0.3) is 0 Å². The van der Waals surface area contributed by atoms with Crippen LogP contribution in [0.3, 0.4) is 0 Å². The average molecular weight is 548 g/mol. The molecule has 0 bridgehead atoms. The molecule has 1 spiro atoms. The van der Waals surface area contributed by atoms with Gasteiger partial charge in [-0.1, -0.05) is 58.4 Å². The van der Waals surface area contributed by atoms with Gasteiger partial charge in [0.1, 0.15) is 5.75 Å². The minimum Gasteiger partial charge on any atom is -0.497 e. The number of ether oxygens (including phenoxy) is 3. The molecular formula is C29H30BrN3O3. The number of hydrogen-bond acceptors (Lipinski definition) is 6. The Kier molecular flexibility index (Phi) is 6.13. The second kappa shape index (κ2) is 9.45. The van der Waals surface area contributed by atoms with Crippen LogP contribution in [-0.2, 0) is 6.54 Å². The summed E-state index contributed by atoms with van der Waals surface area (Å²) >= 11 is 3.67. The van der Waals surface area contributed by atoms with Gasteiger partial charge in [-0.2, -0.15) is 5.10 Å². The lowest BCUT2D eigenvalue weighted by Gasteiger charge is -2.51. The highest BCUT2D eigenvalue weighted by molar-refractivity contribution is 9.10. The third-order valence-electron chi connectivity index (χ3n) is 7.54. The standard InChI is InChI=1S/C29H30BrN3O3/c1-34-23-10-6-9-21(15-23)25-18-26-24-16-22(30)17-27(35-2)28(24)36-29(33(26)31-25)11-13-32(14-12-29)19-20-7-4-3-5-8-20/h3-10,15-17,26H,11-14,18-19H2,1-2H3. The van der Waals surface area contributed by atoms with E-state index in [9.17, 15) is 0 Å². The van der Waals surface area contributed by atoms with E-state index in [0.717, 1.165) is 77.5 Å². The largest absolute Gasteiger partial charge is 0.497 e. The Morgan fingerprint density at radius 2 is 1.81 bits per heavy atom. The summed E-state index contributed by atoms with van der Waals surface area (Å²) in [5.74, 6) is 2.45. The number of benzene rings is 3. The first-order valence-corrected chi connectivity index (χ1v) is 13.2. The molecule has 1 saturated heterocycles. The number of likely N-dealkylation sites (tertiary alicyclic amines) is 1. The highest BCUT2D eigenvalue weighted by Crippen LogP contribution is 2.53. The van der Waals surface area contributed by atoms with Gasteiger partial charge in [-0.15, -0.1) is 0 Å². The van der Waals surface area contributed by atoms with Crippen LogP contribution >= 0.6 is 15.9 Å². The second-order valence-corrected chi connectivity index (χ2v) is 10.6. The summed E-state index contributed by atoms with van der Waals surface area (Å²) in [4.78, 5) is 2.51. The Morgan fingerprint density at radius 1 is 1.00 bits per heavy atom. The normalized spacial score (nSPS) is 20.4. The van der Waals surface area contributed by atoms with Crippen LogP contribution in [0.5, 0.6) is 17.2 Å². The number of methoxy groups -OCH3 is 2. The van der Waals surface area contributed by atoms with Crippen molar-refractivity contribution in [3.05, 3.63) is 87.9 Å². The minimum absolute atomic E-state index is 0.0852. The summed E-state index contributed by atoms with van der Waals surface area (Å²) in [6, 6.07) is 23.1. The fourth-order valence-electron chi connectivity index (χ4n) is 5.67. The predicted molar refractivity (Wildman–Crippen MR) is 144 cm³/mol. The number of piperidine rings is 1. The molecule has 3 aliphatic heterocycles. The fourth-order valence-corrected chi connectivity index (χ4v) is 6.13. The molecule has 36 heavy (non-hydrogen) atoms. The molecule has 186 valence electrons. The first-order chi connectivity index (χ1) is 17.6. The van der Waals surface area contributed by atoms with Crippen LogP contribution in [0, 0.1) is 0 Å². The zero-order valence-electron chi connectivity index (χ0n) is 20.6. The highest BCUT2D eigenvalue weighted by Gasteiger charge is 2.52. The summed E-state index contributed by atoms with van der Waals surface area (Å²) in [7, 11) is 3.41. The zero-order valence-corrected chi connectivity index (χ0v) is 22.2. The topological polar surface area (TPSA) is 46.5 Å². The van der Waals surface area contributed by atoms with Gasteiger partial charge in [0.15, 0.2) is 11.5 Å². The third-order valence-corrected chi connectivity index (χ3v) is 7.99. The third kappa shape index (κ3) is 4.14. The Bertz CT molecular complexity index is 1290. The van der Waals surface area contributed by atoms with Crippen molar-refractivity contribution in [2.75, 3.05) is 27.3 Å². The van der Waals surface area contributed by atoms with Gasteiger partial charge in [-0.3, -0.25) is 4.90 Å². The molecule has 0 saturated carbocycles. The molecule has 3 heterocycles. The van der Waals surface area contributed by atoms with E-state index in [4.69, 9.17) is 19.3 Å². The van der Waals surface area contributed by atoms with Crippen molar-refractivity contribution in [1.82, 2.24) is 9.91 Å². The van der Waals surface area contributed by atoms with E-state index in [2.05, 4.69) is 74.4 Å². The number of halogens is 1. The molecular weight excluding hydrogens is 518 g/mol. The molecule has 1 unspecified atom stereocenters. The smallest absolute Gasteiger partial charge is 0.200 e. The van der Waals surface area contributed by atoms with Crippen LogP contribution in [0.1, 0.15) is 42.0 Å². The Hall–Kier alpha value is -3.03. The summed E-state index contributed by atoms with van der Waals surface area (Å²) in [5, 5.41) is 7.47.